The molecule has 0 spiro atoms. The zero-order valence-corrected chi connectivity index (χ0v) is 20.3. The number of nitro groups is 1. The maximum absolute atomic E-state index is 13.3. The third-order valence-corrected chi connectivity index (χ3v) is 8.04. The molecule has 1 saturated carbocycles. The summed E-state index contributed by atoms with van der Waals surface area (Å²) in [4.78, 5) is 13.3. The maximum atomic E-state index is 13.3. The molecule has 0 aromatic carbocycles. The molecule has 0 aromatic rings. The molecule has 3 aliphatic rings. The van der Waals surface area contributed by atoms with Crippen LogP contribution in [-0.2, 0) is 4.74 Å². The molecule has 10 heteroatoms. The predicted molar refractivity (Wildman–Crippen MR) is 120 cm³/mol. The first-order chi connectivity index (χ1) is 15.0. The summed E-state index contributed by atoms with van der Waals surface area (Å²) < 4.78 is 43.3. The van der Waals surface area contributed by atoms with Crippen molar-refractivity contribution in [1.29, 1.82) is 0 Å². The first-order valence-electron chi connectivity index (χ1n) is 11.4. The Labute approximate surface area is 195 Å². The van der Waals surface area contributed by atoms with Gasteiger partial charge in [-0.2, -0.15) is 13.2 Å². The third kappa shape index (κ3) is 5.74. The summed E-state index contributed by atoms with van der Waals surface area (Å²) in [7, 11) is 0. The summed E-state index contributed by atoms with van der Waals surface area (Å²) in [5.74, 6) is 0. The van der Waals surface area contributed by atoms with Crippen LogP contribution in [-0.4, -0.2) is 63.7 Å². The van der Waals surface area contributed by atoms with Gasteiger partial charge >= 0.3 is 6.18 Å². The lowest BCUT2D eigenvalue weighted by Gasteiger charge is -2.48. The molecule has 1 N–H and O–H groups in total. The van der Waals surface area contributed by atoms with Gasteiger partial charge in [0.25, 0.3) is 5.70 Å². The minimum absolute atomic E-state index is 0.0192. The molecule has 2 atom stereocenters. The van der Waals surface area contributed by atoms with Crippen molar-refractivity contribution < 1.29 is 22.8 Å². The van der Waals surface area contributed by atoms with Gasteiger partial charge in [-0.3, -0.25) is 20.3 Å². The van der Waals surface area contributed by atoms with Gasteiger partial charge < -0.3 is 4.74 Å². The fourth-order valence-corrected chi connectivity index (χ4v) is 5.38. The number of hydrogen-bond donors (Lipinski definition) is 1. The fraction of sp³-hybridized carbons (Fsp3) is 0.818. The van der Waals surface area contributed by atoms with E-state index >= 15 is 0 Å². The van der Waals surface area contributed by atoms with Crippen LogP contribution in [0, 0.1) is 10.1 Å². The van der Waals surface area contributed by atoms with E-state index in [1.54, 1.807) is 0 Å². The molecule has 0 aromatic heterocycles. The number of ether oxygens (including phenoxy) is 1. The summed E-state index contributed by atoms with van der Waals surface area (Å²) >= 11 is 2.62. The van der Waals surface area contributed by atoms with E-state index in [2.05, 4.69) is 40.0 Å². The summed E-state index contributed by atoms with van der Waals surface area (Å²) in [5.41, 5.74) is -0.336. The Morgan fingerprint density at radius 1 is 1.28 bits per heavy atom. The molecule has 2 fully saturated rings. The van der Waals surface area contributed by atoms with Crippen molar-refractivity contribution in [3.05, 3.63) is 34.0 Å². The number of piperidine rings is 1. The highest BCUT2D eigenvalue weighted by Crippen LogP contribution is 2.43. The van der Waals surface area contributed by atoms with Gasteiger partial charge in [0.2, 0.25) is 0 Å². The summed E-state index contributed by atoms with van der Waals surface area (Å²) in [6.07, 6.45) is 5.51. The van der Waals surface area contributed by atoms with Crippen LogP contribution in [0.3, 0.4) is 0 Å². The second-order valence-electron chi connectivity index (χ2n) is 9.42. The van der Waals surface area contributed by atoms with E-state index in [0.717, 1.165) is 70.7 Å². The van der Waals surface area contributed by atoms with E-state index in [4.69, 9.17) is 4.74 Å². The van der Waals surface area contributed by atoms with Gasteiger partial charge in [-0.25, -0.2) is 0 Å². The van der Waals surface area contributed by atoms with Crippen LogP contribution in [0.25, 0.3) is 0 Å². The van der Waals surface area contributed by atoms with E-state index in [9.17, 15) is 23.3 Å². The van der Waals surface area contributed by atoms with Gasteiger partial charge in [-0.15, -0.1) is 0 Å². The Kier molecular flexibility index (Phi) is 8.10. The molecule has 1 aliphatic heterocycles. The second-order valence-corrected chi connectivity index (χ2v) is 10.7. The van der Waals surface area contributed by atoms with E-state index < -0.39 is 27.2 Å². The minimum atomic E-state index is -4.66. The molecule has 0 amide bonds. The molecule has 2 aliphatic carbocycles. The van der Waals surface area contributed by atoms with Crippen LogP contribution in [0.1, 0.15) is 58.8 Å². The average molecular weight is 524 g/mol. The zero-order chi connectivity index (χ0) is 23.6. The van der Waals surface area contributed by atoms with Crippen LogP contribution in [0.2, 0.25) is 0 Å². The van der Waals surface area contributed by atoms with Crippen LogP contribution in [0.4, 0.5) is 13.2 Å². The highest BCUT2D eigenvalue weighted by atomic mass is 79.9. The normalized spacial score (nSPS) is 35.0. The van der Waals surface area contributed by atoms with Crippen molar-refractivity contribution in [1.82, 2.24) is 10.2 Å². The van der Waals surface area contributed by atoms with Crippen molar-refractivity contribution in [2.24, 2.45) is 0 Å². The van der Waals surface area contributed by atoms with Gasteiger partial charge in [0.15, 0.2) is 4.32 Å². The van der Waals surface area contributed by atoms with Crippen molar-refractivity contribution >= 4 is 15.9 Å². The van der Waals surface area contributed by atoms with Gasteiger partial charge in [0, 0.05) is 37.4 Å². The molecule has 1 saturated heterocycles. The van der Waals surface area contributed by atoms with Crippen LogP contribution < -0.4 is 5.32 Å². The number of nitrogens with one attached hydrogen (secondary N) is 1. The summed E-state index contributed by atoms with van der Waals surface area (Å²) in [6.45, 7) is 6.97. The Hall–Kier alpha value is -0.970. The van der Waals surface area contributed by atoms with Crippen molar-refractivity contribution in [3.63, 3.8) is 0 Å². The molecular formula is C22H33BrF3N3O3. The van der Waals surface area contributed by atoms with Gasteiger partial charge in [0.05, 0.1) is 11.0 Å². The van der Waals surface area contributed by atoms with E-state index in [1.807, 2.05) is 0 Å². The van der Waals surface area contributed by atoms with Crippen molar-refractivity contribution in [2.45, 2.75) is 93.0 Å². The molecule has 182 valence electrons. The number of rotatable bonds is 7. The number of alkyl halides is 4. The van der Waals surface area contributed by atoms with Crippen molar-refractivity contribution in [3.8, 4) is 0 Å². The molecule has 6 nitrogen and oxygen atoms in total. The number of nitrogens with zero attached hydrogens (tertiary/aromatic N) is 2. The lowest BCUT2D eigenvalue weighted by atomic mass is 9.79. The van der Waals surface area contributed by atoms with Gasteiger partial charge in [-0.1, -0.05) is 35.0 Å². The summed E-state index contributed by atoms with van der Waals surface area (Å²) in [6, 6.07) is -0.817. The number of hydrogen-bond acceptors (Lipinski definition) is 5. The number of likely N-dealkylation sites (tertiary alicyclic amines) is 1. The molecule has 0 bridgehead atoms. The summed E-state index contributed by atoms with van der Waals surface area (Å²) in [5, 5.41) is 14.7. The Balaban J connectivity index is 1.54. The van der Waals surface area contributed by atoms with E-state index in [1.165, 1.54) is 6.08 Å². The molecule has 2 unspecified atom stereocenters. The fourth-order valence-electron chi connectivity index (χ4n) is 4.99. The van der Waals surface area contributed by atoms with E-state index in [-0.39, 0.29) is 11.6 Å². The Morgan fingerprint density at radius 3 is 2.44 bits per heavy atom. The zero-order valence-electron chi connectivity index (χ0n) is 18.7. The first-order valence-corrected chi connectivity index (χ1v) is 12.2. The topological polar surface area (TPSA) is 67.6 Å². The number of halogens is 4. The molecule has 0 radical (unpaired) electrons. The number of allylic oxidation sites excluding steroid dienone is 2. The first kappa shape index (κ1) is 25.6. The minimum Gasteiger partial charge on any atom is -0.378 e. The van der Waals surface area contributed by atoms with Crippen LogP contribution in [0.15, 0.2) is 23.9 Å². The predicted octanol–water partition coefficient (Wildman–Crippen LogP) is 4.96. The SMILES string of the molecule is CCCO[C@H]1CC[C@](C)(N2CCC(NC3C=CC(Br)(C(F)(F)F)C=C3[N+](=O)[O-])CC2)CC1. The standard InChI is InChI=1S/C22H33BrF3N3O3/c1-3-14-32-17-4-9-20(2,10-5-17)28-12-7-16(8-13-28)27-18-6-11-21(23,22(24,25)26)15-19(18)29(30)31/h6,11,15-18,27H,3-5,7-10,12-14H2,1-2H3/t17-,18?,20-,21?. The Morgan fingerprint density at radius 2 is 1.91 bits per heavy atom. The Bertz CT molecular complexity index is 730. The van der Waals surface area contributed by atoms with Gasteiger partial charge in [0.1, 0.15) is 6.04 Å². The lowest BCUT2D eigenvalue weighted by molar-refractivity contribution is -0.430. The second kappa shape index (κ2) is 10.1. The quantitative estimate of drug-likeness (QED) is 0.221. The van der Waals surface area contributed by atoms with Gasteiger partial charge in [-0.05, 0) is 51.9 Å². The molecule has 1 heterocycles. The average Bonchev–Trinajstić information content (AvgIpc) is 2.74. The lowest BCUT2D eigenvalue weighted by Crippen LogP contribution is -2.56. The highest BCUT2D eigenvalue weighted by Gasteiger charge is 2.53. The van der Waals surface area contributed by atoms with Crippen molar-refractivity contribution in [2.75, 3.05) is 19.7 Å². The largest absolute Gasteiger partial charge is 0.411 e. The highest BCUT2D eigenvalue weighted by molar-refractivity contribution is 9.10. The van der Waals surface area contributed by atoms with Crippen LogP contribution in [0.5, 0.6) is 0 Å². The molecular weight excluding hydrogens is 491 g/mol. The smallest absolute Gasteiger partial charge is 0.378 e. The maximum Gasteiger partial charge on any atom is 0.411 e. The van der Waals surface area contributed by atoms with Crippen LogP contribution >= 0.6 is 15.9 Å². The molecule has 32 heavy (non-hydrogen) atoms. The monoisotopic (exact) mass is 523 g/mol. The molecule has 3 rings (SSSR count). The third-order valence-electron chi connectivity index (χ3n) is 7.09. The van der Waals surface area contributed by atoms with E-state index in [0.29, 0.717) is 12.2 Å².